The summed E-state index contributed by atoms with van der Waals surface area (Å²) in [6.45, 7) is 8.88. The van der Waals surface area contributed by atoms with Crippen LogP contribution in [0.2, 0.25) is 15.1 Å². The Morgan fingerprint density at radius 3 is 1.76 bits per heavy atom. The normalized spacial score (nSPS) is 19.7. The summed E-state index contributed by atoms with van der Waals surface area (Å²) in [6.07, 6.45) is 1.94. The van der Waals surface area contributed by atoms with Gasteiger partial charge in [-0.2, -0.15) is 8.42 Å². The highest BCUT2D eigenvalue weighted by Crippen LogP contribution is 2.55. The highest BCUT2D eigenvalue weighted by atomic mass is 35.5. The van der Waals surface area contributed by atoms with E-state index in [0.29, 0.717) is 54.0 Å². The number of rotatable bonds is 6. The second kappa shape index (κ2) is 11.9. The fraction of sp³-hybridized carbons (Fsp3) is 0.333. The Kier molecular flexibility index (Phi) is 8.46. The smallest absolute Gasteiger partial charge is 0.339 e. The van der Waals surface area contributed by atoms with Crippen LogP contribution in [0.25, 0.3) is 0 Å². The molecule has 0 saturated carbocycles. The van der Waals surface area contributed by atoms with E-state index >= 15 is 0 Å². The van der Waals surface area contributed by atoms with Crippen LogP contribution >= 0.6 is 34.8 Å². The standard InChI is InChI=1S/C36H34Cl3NO5S/c1-35(2)16-27-32(29(41)18-35)31(33-28(17-36(3,4)19-30(33)42)40(27)20-21-8-6-5-7-9-21)22-14-25(38)34(26(39)15-22)45-46(43,44)24-12-10-23(37)11-13-24/h5-15,31H,16-20H2,1-4H3. The van der Waals surface area contributed by atoms with Gasteiger partial charge in [0.1, 0.15) is 4.90 Å². The van der Waals surface area contributed by atoms with Crippen molar-refractivity contribution >= 4 is 56.5 Å². The quantitative estimate of drug-likeness (QED) is 0.239. The minimum Gasteiger partial charge on any atom is -0.376 e. The van der Waals surface area contributed by atoms with Crippen LogP contribution in [0, 0.1) is 10.8 Å². The molecule has 10 heteroatoms. The van der Waals surface area contributed by atoms with Crippen LogP contribution in [0.3, 0.4) is 0 Å². The van der Waals surface area contributed by atoms with Crippen molar-refractivity contribution in [1.82, 2.24) is 4.90 Å². The molecule has 0 radical (unpaired) electrons. The molecule has 3 aromatic rings. The molecular formula is C36H34Cl3NO5S. The third kappa shape index (κ3) is 6.27. The predicted octanol–water partition coefficient (Wildman–Crippen LogP) is 9.30. The minimum atomic E-state index is -4.29. The number of ketones is 2. The summed E-state index contributed by atoms with van der Waals surface area (Å²) in [6, 6.07) is 18.7. The monoisotopic (exact) mass is 697 g/mol. The summed E-state index contributed by atoms with van der Waals surface area (Å²) in [4.78, 5) is 30.4. The minimum absolute atomic E-state index is 0.0311. The number of hydrogen-bond acceptors (Lipinski definition) is 6. The molecule has 0 bridgehead atoms. The van der Waals surface area contributed by atoms with Crippen LogP contribution in [0.4, 0.5) is 0 Å². The molecule has 0 saturated heterocycles. The first kappa shape index (κ1) is 32.8. The van der Waals surface area contributed by atoms with Crippen molar-refractivity contribution < 1.29 is 22.2 Å². The summed E-state index contributed by atoms with van der Waals surface area (Å²) < 4.78 is 31.6. The van der Waals surface area contributed by atoms with E-state index in [1.165, 1.54) is 24.3 Å². The fourth-order valence-electron chi connectivity index (χ4n) is 6.92. The predicted molar refractivity (Wildman–Crippen MR) is 181 cm³/mol. The van der Waals surface area contributed by atoms with E-state index in [4.69, 9.17) is 39.0 Å². The molecule has 6 rings (SSSR count). The van der Waals surface area contributed by atoms with Gasteiger partial charge in [-0.3, -0.25) is 9.59 Å². The Balaban J connectivity index is 1.51. The van der Waals surface area contributed by atoms with E-state index in [1.54, 1.807) is 12.1 Å². The average molecular weight is 699 g/mol. The number of carbonyl (C=O) groups is 2. The van der Waals surface area contributed by atoms with Gasteiger partial charge < -0.3 is 9.08 Å². The lowest BCUT2D eigenvalue weighted by Gasteiger charge is -2.49. The van der Waals surface area contributed by atoms with Gasteiger partial charge in [-0.25, -0.2) is 0 Å². The van der Waals surface area contributed by atoms with Gasteiger partial charge in [0.15, 0.2) is 17.3 Å². The van der Waals surface area contributed by atoms with Gasteiger partial charge in [-0.15, -0.1) is 0 Å². The first-order chi connectivity index (χ1) is 21.6. The fourth-order valence-corrected chi connectivity index (χ4v) is 8.69. The van der Waals surface area contributed by atoms with Gasteiger partial charge in [0.05, 0.1) is 10.0 Å². The summed E-state index contributed by atoms with van der Waals surface area (Å²) in [5.41, 5.74) is 3.96. The van der Waals surface area contributed by atoms with E-state index in [9.17, 15) is 18.0 Å². The van der Waals surface area contributed by atoms with Crippen LogP contribution in [-0.4, -0.2) is 24.9 Å². The van der Waals surface area contributed by atoms with Crippen molar-refractivity contribution in [2.75, 3.05) is 0 Å². The molecule has 3 aromatic carbocycles. The molecule has 0 spiro atoms. The Hall–Kier alpha value is -3.10. The Bertz CT molecular complexity index is 1850. The topological polar surface area (TPSA) is 80.8 Å². The van der Waals surface area contributed by atoms with Crippen molar-refractivity contribution in [2.24, 2.45) is 10.8 Å². The average Bonchev–Trinajstić information content (AvgIpc) is 2.95. The molecule has 0 N–H and O–H groups in total. The van der Waals surface area contributed by atoms with Crippen molar-refractivity contribution in [3.63, 3.8) is 0 Å². The van der Waals surface area contributed by atoms with E-state index in [1.807, 2.05) is 18.2 Å². The second-order valence-electron chi connectivity index (χ2n) is 13.9. The van der Waals surface area contributed by atoms with Gasteiger partial charge in [0.25, 0.3) is 0 Å². The number of nitrogens with zero attached hydrogens (tertiary/aromatic N) is 1. The molecule has 1 aliphatic heterocycles. The van der Waals surface area contributed by atoms with Crippen molar-refractivity contribution in [3.8, 4) is 5.75 Å². The number of halogens is 3. The maximum absolute atomic E-state index is 14.1. The third-order valence-corrected chi connectivity index (χ3v) is 10.9. The van der Waals surface area contributed by atoms with E-state index < -0.39 is 16.0 Å². The number of benzene rings is 3. The molecule has 0 aromatic heterocycles. The maximum Gasteiger partial charge on any atom is 0.339 e. The Labute approximate surface area is 285 Å². The lowest BCUT2D eigenvalue weighted by atomic mass is 9.63. The SMILES string of the molecule is CC1(C)CC(=O)C2=C(C1)N(Cc1ccccc1)C1=C(C(=O)CC(C)(C)C1)C2c1cc(Cl)c(OS(=O)(=O)c2ccc(Cl)cc2)c(Cl)c1. The number of carbonyl (C=O) groups excluding carboxylic acids is 2. The van der Waals surface area contributed by atoms with Gasteiger partial charge in [-0.05, 0) is 71.2 Å². The molecular weight excluding hydrogens is 665 g/mol. The summed E-state index contributed by atoms with van der Waals surface area (Å²) >= 11 is 19.4. The molecule has 0 unspecified atom stereocenters. The van der Waals surface area contributed by atoms with Crippen LogP contribution < -0.4 is 4.18 Å². The van der Waals surface area contributed by atoms with Crippen molar-refractivity contribution in [1.29, 1.82) is 0 Å². The summed E-state index contributed by atoms with van der Waals surface area (Å²) in [5, 5.41) is 0.268. The number of allylic oxidation sites excluding steroid dienone is 4. The maximum atomic E-state index is 14.1. The second-order valence-corrected chi connectivity index (χ2v) is 16.7. The van der Waals surface area contributed by atoms with Crippen molar-refractivity contribution in [2.45, 2.75) is 70.7 Å². The number of hydrogen-bond donors (Lipinski definition) is 0. The molecule has 1 heterocycles. The highest BCUT2D eigenvalue weighted by molar-refractivity contribution is 7.87. The molecule has 46 heavy (non-hydrogen) atoms. The van der Waals surface area contributed by atoms with Crippen LogP contribution in [0.1, 0.15) is 70.4 Å². The first-order valence-electron chi connectivity index (χ1n) is 15.1. The van der Waals surface area contributed by atoms with Crippen LogP contribution in [0.15, 0.2) is 94.2 Å². The molecule has 2 aliphatic carbocycles. The van der Waals surface area contributed by atoms with Crippen LogP contribution in [-0.2, 0) is 26.3 Å². The zero-order valence-corrected chi connectivity index (χ0v) is 29.1. The Morgan fingerprint density at radius 1 is 0.761 bits per heavy atom. The van der Waals surface area contributed by atoms with Crippen molar-refractivity contribution in [3.05, 3.63) is 115 Å². The van der Waals surface area contributed by atoms with Gasteiger partial charge >= 0.3 is 10.1 Å². The molecule has 0 atom stereocenters. The summed E-state index contributed by atoms with van der Waals surface area (Å²) in [7, 11) is -4.29. The molecule has 6 nitrogen and oxygen atoms in total. The molecule has 0 fully saturated rings. The summed E-state index contributed by atoms with van der Waals surface area (Å²) in [5.74, 6) is -1.01. The van der Waals surface area contributed by atoms with Gasteiger partial charge in [-0.1, -0.05) is 92.8 Å². The molecule has 0 amide bonds. The van der Waals surface area contributed by atoms with Gasteiger partial charge in [0, 0.05) is 52.9 Å². The zero-order chi connectivity index (χ0) is 33.2. The van der Waals surface area contributed by atoms with E-state index in [0.717, 1.165) is 17.0 Å². The highest BCUT2D eigenvalue weighted by Gasteiger charge is 2.49. The third-order valence-electron chi connectivity index (χ3n) is 8.85. The lowest BCUT2D eigenvalue weighted by molar-refractivity contribution is -0.119. The number of Topliss-reactive ketones (excluding diaryl/α,β-unsaturated/α-hetero) is 2. The van der Waals surface area contributed by atoms with E-state index in [-0.39, 0.29) is 43.1 Å². The Morgan fingerprint density at radius 2 is 1.26 bits per heavy atom. The van der Waals surface area contributed by atoms with E-state index in [2.05, 4.69) is 44.7 Å². The molecule has 240 valence electrons. The van der Waals surface area contributed by atoms with Crippen LogP contribution in [0.5, 0.6) is 5.75 Å². The lowest BCUT2D eigenvalue weighted by Crippen LogP contribution is -2.44. The van der Waals surface area contributed by atoms with Gasteiger partial charge in [0.2, 0.25) is 0 Å². The first-order valence-corrected chi connectivity index (χ1v) is 17.6. The largest absolute Gasteiger partial charge is 0.376 e. The molecule has 3 aliphatic rings. The zero-order valence-electron chi connectivity index (χ0n) is 26.0.